The van der Waals surface area contributed by atoms with Gasteiger partial charge in [-0.05, 0) is 49.9 Å². The lowest BCUT2D eigenvalue weighted by Gasteiger charge is -2.16. The van der Waals surface area contributed by atoms with Crippen LogP contribution in [-0.4, -0.2) is 15.5 Å². The molecule has 1 aromatic heterocycles. The molecular weight excluding hydrogens is 248 g/mol. The van der Waals surface area contributed by atoms with Crippen LogP contribution in [0.4, 0.5) is 0 Å². The number of halogens is 1. The highest BCUT2D eigenvalue weighted by atomic mass is 35.5. The summed E-state index contributed by atoms with van der Waals surface area (Å²) in [6, 6.07) is 5.98. The maximum absolute atomic E-state index is 9.19. The predicted molar refractivity (Wildman–Crippen MR) is 73.9 cm³/mol. The van der Waals surface area contributed by atoms with Crippen LogP contribution in [0.1, 0.15) is 31.0 Å². The van der Waals surface area contributed by atoms with Crippen LogP contribution in [0.3, 0.4) is 0 Å². The highest BCUT2D eigenvalue weighted by Crippen LogP contribution is 2.33. The molecule has 0 saturated heterocycles. The van der Waals surface area contributed by atoms with Crippen molar-refractivity contribution in [3.8, 4) is 0 Å². The van der Waals surface area contributed by atoms with Gasteiger partial charge in [0.1, 0.15) is 5.71 Å². The van der Waals surface area contributed by atoms with E-state index < -0.39 is 0 Å². The number of fused-ring (bicyclic) bond motifs is 3. The molecule has 0 unspecified atom stereocenters. The summed E-state index contributed by atoms with van der Waals surface area (Å²) in [5.74, 6) is 0. The van der Waals surface area contributed by atoms with Crippen LogP contribution in [0.2, 0.25) is 5.02 Å². The van der Waals surface area contributed by atoms with Gasteiger partial charge in [0, 0.05) is 22.5 Å². The van der Waals surface area contributed by atoms with Gasteiger partial charge >= 0.3 is 0 Å². The minimum absolute atomic E-state index is 0.756. The Kier molecular flexibility index (Phi) is 2.78. The van der Waals surface area contributed by atoms with E-state index in [9.17, 15) is 5.21 Å². The number of oxime groups is 1. The van der Waals surface area contributed by atoms with Gasteiger partial charge in [0.05, 0.1) is 5.69 Å². The van der Waals surface area contributed by atoms with Gasteiger partial charge in [-0.25, -0.2) is 0 Å². The minimum Gasteiger partial charge on any atom is -0.411 e. The zero-order chi connectivity index (χ0) is 12.7. The largest absolute Gasteiger partial charge is 0.411 e. The summed E-state index contributed by atoms with van der Waals surface area (Å²) in [5.41, 5.74) is 4.33. The Morgan fingerprint density at radius 3 is 2.94 bits per heavy atom. The lowest BCUT2D eigenvalue weighted by atomic mass is 9.94. The fourth-order valence-corrected chi connectivity index (χ4v) is 3.13. The molecule has 3 rings (SSSR count). The second-order valence-electron chi connectivity index (χ2n) is 4.63. The van der Waals surface area contributed by atoms with E-state index in [4.69, 9.17) is 11.6 Å². The topological polar surface area (TPSA) is 37.5 Å². The molecule has 94 valence electrons. The summed E-state index contributed by atoms with van der Waals surface area (Å²) >= 11 is 6.09. The first-order chi connectivity index (χ1) is 8.76. The summed E-state index contributed by atoms with van der Waals surface area (Å²) < 4.78 is 2.22. The molecule has 3 nitrogen and oxygen atoms in total. The Morgan fingerprint density at radius 1 is 1.39 bits per heavy atom. The Labute approximate surface area is 111 Å². The van der Waals surface area contributed by atoms with Gasteiger partial charge in [-0.3, -0.25) is 0 Å². The predicted octanol–water partition coefficient (Wildman–Crippen LogP) is 3.83. The van der Waals surface area contributed by atoms with Gasteiger partial charge in [-0.15, -0.1) is 0 Å². The highest BCUT2D eigenvalue weighted by molar-refractivity contribution is 6.31. The van der Waals surface area contributed by atoms with E-state index in [2.05, 4.69) is 22.7 Å². The van der Waals surface area contributed by atoms with Crippen LogP contribution < -0.4 is 0 Å². The van der Waals surface area contributed by atoms with Crippen LogP contribution in [0.5, 0.6) is 0 Å². The number of aryl methyl sites for hydroxylation is 2. The molecule has 2 aromatic rings. The first-order valence-corrected chi connectivity index (χ1v) is 6.66. The Hall–Kier alpha value is -1.48. The molecule has 18 heavy (non-hydrogen) atoms. The van der Waals surface area contributed by atoms with Crippen molar-refractivity contribution in [1.29, 1.82) is 0 Å². The molecule has 0 saturated carbocycles. The van der Waals surface area contributed by atoms with Crippen molar-refractivity contribution in [1.82, 2.24) is 4.57 Å². The molecule has 0 aliphatic heterocycles. The lowest BCUT2D eigenvalue weighted by molar-refractivity contribution is 0.317. The molecule has 0 fully saturated rings. The van der Waals surface area contributed by atoms with Gasteiger partial charge in [-0.1, -0.05) is 16.8 Å². The standard InChI is InChI=1S/C14H15ClN2O/c1-2-17-13-7-6-9(15)8-11(13)10-4-3-5-12(16-18)14(10)17/h6-8,18H,2-5H2,1H3/b16-12-. The first kappa shape index (κ1) is 11.6. The van der Waals surface area contributed by atoms with Crippen molar-refractivity contribution in [2.75, 3.05) is 0 Å². The van der Waals surface area contributed by atoms with Crippen molar-refractivity contribution in [2.45, 2.75) is 32.7 Å². The number of hydrogen-bond donors (Lipinski definition) is 1. The van der Waals surface area contributed by atoms with Gasteiger partial charge in [0.15, 0.2) is 0 Å². The maximum Gasteiger partial charge on any atom is 0.103 e. The summed E-state index contributed by atoms with van der Waals surface area (Å²) in [5, 5.41) is 14.6. The number of rotatable bonds is 1. The Morgan fingerprint density at radius 2 is 2.22 bits per heavy atom. The molecule has 0 bridgehead atoms. The van der Waals surface area contributed by atoms with Gasteiger partial charge < -0.3 is 9.77 Å². The van der Waals surface area contributed by atoms with Crippen LogP contribution in [0.15, 0.2) is 23.4 Å². The van der Waals surface area contributed by atoms with E-state index in [0.717, 1.165) is 42.2 Å². The summed E-state index contributed by atoms with van der Waals surface area (Å²) in [7, 11) is 0. The van der Waals surface area contributed by atoms with Gasteiger partial charge in [-0.2, -0.15) is 0 Å². The molecule has 1 aromatic carbocycles. The third-order valence-corrected chi connectivity index (χ3v) is 3.92. The molecule has 1 aliphatic carbocycles. The van der Waals surface area contributed by atoms with Crippen molar-refractivity contribution in [3.05, 3.63) is 34.5 Å². The van der Waals surface area contributed by atoms with E-state index in [1.165, 1.54) is 16.5 Å². The molecule has 1 aliphatic rings. The number of hydrogen-bond acceptors (Lipinski definition) is 2. The van der Waals surface area contributed by atoms with E-state index in [-0.39, 0.29) is 0 Å². The molecule has 4 heteroatoms. The van der Waals surface area contributed by atoms with Crippen molar-refractivity contribution >= 4 is 28.2 Å². The fraction of sp³-hybridized carbons (Fsp3) is 0.357. The van der Waals surface area contributed by atoms with E-state index in [1.807, 2.05) is 12.1 Å². The molecule has 0 spiro atoms. The summed E-state index contributed by atoms with van der Waals surface area (Å²) in [6.45, 7) is 2.98. The fourth-order valence-electron chi connectivity index (χ4n) is 2.96. The van der Waals surface area contributed by atoms with Crippen molar-refractivity contribution in [2.24, 2.45) is 5.16 Å². The zero-order valence-electron chi connectivity index (χ0n) is 10.3. The van der Waals surface area contributed by atoms with Crippen LogP contribution in [-0.2, 0) is 13.0 Å². The first-order valence-electron chi connectivity index (χ1n) is 6.28. The highest BCUT2D eigenvalue weighted by Gasteiger charge is 2.24. The molecule has 1 heterocycles. The Bertz CT molecular complexity index is 643. The van der Waals surface area contributed by atoms with Gasteiger partial charge in [0.2, 0.25) is 0 Å². The van der Waals surface area contributed by atoms with Gasteiger partial charge in [0.25, 0.3) is 0 Å². The third-order valence-electron chi connectivity index (χ3n) is 3.68. The maximum atomic E-state index is 9.19. The molecule has 0 atom stereocenters. The normalized spacial score (nSPS) is 17.3. The van der Waals surface area contributed by atoms with Crippen LogP contribution in [0, 0.1) is 0 Å². The zero-order valence-corrected chi connectivity index (χ0v) is 11.0. The lowest BCUT2D eigenvalue weighted by Crippen LogP contribution is -2.15. The Balaban J connectivity index is 2.41. The average molecular weight is 263 g/mol. The molecule has 1 N–H and O–H groups in total. The average Bonchev–Trinajstić information content (AvgIpc) is 2.72. The summed E-state index contributed by atoms with van der Waals surface area (Å²) in [4.78, 5) is 0. The van der Waals surface area contributed by atoms with Crippen molar-refractivity contribution in [3.63, 3.8) is 0 Å². The number of nitrogens with zero attached hydrogens (tertiary/aromatic N) is 2. The molecule has 0 amide bonds. The van der Waals surface area contributed by atoms with Crippen molar-refractivity contribution < 1.29 is 5.21 Å². The van der Waals surface area contributed by atoms with Crippen LogP contribution in [0.25, 0.3) is 10.9 Å². The quantitative estimate of drug-likeness (QED) is 0.616. The second-order valence-corrected chi connectivity index (χ2v) is 5.07. The van der Waals surface area contributed by atoms with E-state index >= 15 is 0 Å². The molecular formula is C14H15ClN2O. The SMILES string of the molecule is CCn1c2c(c3cc(Cl)ccc31)CCC/C2=N/O. The third kappa shape index (κ3) is 1.54. The second kappa shape index (κ2) is 4.32. The number of benzene rings is 1. The molecule has 0 radical (unpaired) electrons. The van der Waals surface area contributed by atoms with E-state index in [0.29, 0.717) is 0 Å². The monoisotopic (exact) mass is 262 g/mol. The number of aromatic nitrogens is 1. The minimum atomic E-state index is 0.756. The summed E-state index contributed by atoms with van der Waals surface area (Å²) in [6.07, 6.45) is 2.90. The van der Waals surface area contributed by atoms with Crippen LogP contribution >= 0.6 is 11.6 Å². The smallest absolute Gasteiger partial charge is 0.103 e. The van der Waals surface area contributed by atoms with E-state index in [1.54, 1.807) is 0 Å².